The second-order valence-corrected chi connectivity index (χ2v) is 5.49. The summed E-state index contributed by atoms with van der Waals surface area (Å²) in [5, 5.41) is 0. The van der Waals surface area contributed by atoms with Crippen molar-refractivity contribution < 1.29 is 0 Å². The summed E-state index contributed by atoms with van der Waals surface area (Å²) < 4.78 is 0. The van der Waals surface area contributed by atoms with Crippen LogP contribution in [0.5, 0.6) is 0 Å². The number of hydrogen-bond acceptors (Lipinski definition) is 0. The fraction of sp³-hybridized carbons (Fsp3) is 0.529. The summed E-state index contributed by atoms with van der Waals surface area (Å²) in [5.74, 6) is 0.778. The van der Waals surface area contributed by atoms with Gasteiger partial charge in [-0.2, -0.15) is 0 Å². The van der Waals surface area contributed by atoms with Gasteiger partial charge in [0.15, 0.2) is 0 Å². The van der Waals surface area contributed by atoms with Crippen molar-refractivity contribution in [3.8, 4) is 0 Å². The van der Waals surface area contributed by atoms with Gasteiger partial charge in [0.1, 0.15) is 0 Å². The van der Waals surface area contributed by atoms with Crippen LogP contribution in [0.1, 0.15) is 60.3 Å². The lowest BCUT2D eigenvalue weighted by Crippen LogP contribution is -2.05. The third kappa shape index (κ3) is 3.00. The topological polar surface area (TPSA) is 0 Å². The van der Waals surface area contributed by atoms with Gasteiger partial charge in [-0.05, 0) is 75.5 Å². The normalized spacial score (nSPS) is 22.9. The van der Waals surface area contributed by atoms with Gasteiger partial charge in [0.05, 0.1) is 0 Å². The maximum absolute atomic E-state index is 2.37. The van der Waals surface area contributed by atoms with Gasteiger partial charge in [0.2, 0.25) is 0 Å². The highest BCUT2D eigenvalue weighted by molar-refractivity contribution is 5.40. The summed E-state index contributed by atoms with van der Waals surface area (Å²) in [7, 11) is 0. The van der Waals surface area contributed by atoms with Gasteiger partial charge < -0.3 is 0 Å². The zero-order valence-electron chi connectivity index (χ0n) is 11.4. The first kappa shape index (κ1) is 12.4. The summed E-state index contributed by atoms with van der Waals surface area (Å²) in [4.78, 5) is 0. The van der Waals surface area contributed by atoms with E-state index >= 15 is 0 Å². The van der Waals surface area contributed by atoms with E-state index in [-0.39, 0.29) is 0 Å². The molecule has 0 amide bonds. The van der Waals surface area contributed by atoms with Crippen LogP contribution in [0.15, 0.2) is 24.3 Å². The maximum Gasteiger partial charge on any atom is -0.0154 e. The van der Waals surface area contributed by atoms with E-state index in [9.17, 15) is 0 Å². The molecule has 0 bridgehead atoms. The van der Waals surface area contributed by atoms with Gasteiger partial charge in [-0.3, -0.25) is 0 Å². The van der Waals surface area contributed by atoms with Crippen molar-refractivity contribution in [2.45, 2.75) is 58.8 Å². The molecule has 1 aliphatic carbocycles. The van der Waals surface area contributed by atoms with Crippen molar-refractivity contribution in [3.63, 3.8) is 0 Å². The second-order valence-electron chi connectivity index (χ2n) is 5.49. The first-order valence-corrected chi connectivity index (χ1v) is 6.91. The summed E-state index contributed by atoms with van der Waals surface area (Å²) in [6.07, 6.45) is 11.2. The number of allylic oxidation sites excluding steroid dienone is 2. The van der Waals surface area contributed by atoms with Crippen molar-refractivity contribution >= 4 is 0 Å². The number of aryl methyl sites for hydroxylation is 3. The minimum absolute atomic E-state index is 0.778. The molecule has 0 heteroatoms. The Morgan fingerprint density at radius 1 is 0.882 bits per heavy atom. The zero-order valence-corrected chi connectivity index (χ0v) is 11.4. The van der Waals surface area contributed by atoms with E-state index in [1.54, 1.807) is 5.56 Å². The third-order valence-electron chi connectivity index (χ3n) is 3.92. The predicted octanol–water partition coefficient (Wildman–Crippen LogP) is 5.22. The van der Waals surface area contributed by atoms with E-state index in [4.69, 9.17) is 0 Å². The van der Waals surface area contributed by atoms with E-state index in [0.29, 0.717) is 0 Å². The Morgan fingerprint density at radius 2 is 1.53 bits per heavy atom. The van der Waals surface area contributed by atoms with Crippen LogP contribution in [0.4, 0.5) is 0 Å². The maximum atomic E-state index is 2.37. The largest absolute Gasteiger partial charge is 0.0885 e. The Bertz CT molecular complexity index is 389. The number of hydrogen-bond donors (Lipinski definition) is 0. The summed E-state index contributed by atoms with van der Waals surface area (Å²) >= 11 is 0. The van der Waals surface area contributed by atoms with E-state index in [1.165, 1.54) is 48.8 Å². The van der Waals surface area contributed by atoms with Crippen LogP contribution in [-0.4, -0.2) is 0 Å². The van der Waals surface area contributed by atoms with Gasteiger partial charge in [-0.25, -0.2) is 0 Å². The average Bonchev–Trinajstić information content (AvgIpc) is 2.19. The minimum atomic E-state index is 0.778. The van der Waals surface area contributed by atoms with Crippen molar-refractivity contribution in [2.75, 3.05) is 0 Å². The molecule has 0 nitrogen and oxygen atoms in total. The fourth-order valence-electron chi connectivity index (χ4n) is 3.28. The molecule has 1 aromatic carbocycles. The molecule has 0 saturated heterocycles. The van der Waals surface area contributed by atoms with Crippen molar-refractivity contribution in [2.24, 2.45) is 0 Å². The molecule has 1 unspecified atom stereocenters. The SMILES string of the molecule is Cc1cc(C)c(C2CC/C=C\CCC2)c(C)c1. The lowest BCUT2D eigenvalue weighted by Gasteiger charge is -2.23. The molecule has 0 aromatic heterocycles. The molecule has 0 heterocycles. The Balaban J connectivity index is 2.29. The fourth-order valence-corrected chi connectivity index (χ4v) is 3.28. The molecule has 0 saturated carbocycles. The molecule has 2 rings (SSSR count). The average molecular weight is 228 g/mol. The van der Waals surface area contributed by atoms with E-state index in [0.717, 1.165) is 5.92 Å². The van der Waals surface area contributed by atoms with E-state index < -0.39 is 0 Å². The van der Waals surface area contributed by atoms with Gasteiger partial charge in [0, 0.05) is 0 Å². The van der Waals surface area contributed by atoms with Crippen LogP contribution in [-0.2, 0) is 0 Å². The van der Waals surface area contributed by atoms with Gasteiger partial charge in [0.25, 0.3) is 0 Å². The zero-order chi connectivity index (χ0) is 12.3. The smallest absolute Gasteiger partial charge is 0.0154 e. The summed E-state index contributed by atoms with van der Waals surface area (Å²) in [6.45, 7) is 6.76. The van der Waals surface area contributed by atoms with Crippen LogP contribution < -0.4 is 0 Å². The van der Waals surface area contributed by atoms with Crippen LogP contribution in [0.2, 0.25) is 0 Å². The molecule has 0 aliphatic heterocycles. The number of rotatable bonds is 1. The molecule has 0 fully saturated rings. The highest BCUT2D eigenvalue weighted by atomic mass is 14.2. The Labute approximate surface area is 106 Å². The summed E-state index contributed by atoms with van der Waals surface area (Å²) in [5.41, 5.74) is 6.02. The van der Waals surface area contributed by atoms with Crippen molar-refractivity contribution in [1.82, 2.24) is 0 Å². The third-order valence-corrected chi connectivity index (χ3v) is 3.92. The van der Waals surface area contributed by atoms with Gasteiger partial charge in [-0.15, -0.1) is 0 Å². The predicted molar refractivity (Wildman–Crippen MR) is 75.6 cm³/mol. The van der Waals surface area contributed by atoms with Crippen LogP contribution in [0.3, 0.4) is 0 Å². The lowest BCUT2D eigenvalue weighted by molar-refractivity contribution is 0.546. The first-order valence-electron chi connectivity index (χ1n) is 6.91. The van der Waals surface area contributed by atoms with Crippen LogP contribution >= 0.6 is 0 Å². The van der Waals surface area contributed by atoms with Gasteiger partial charge >= 0.3 is 0 Å². The molecule has 17 heavy (non-hydrogen) atoms. The Morgan fingerprint density at radius 3 is 2.24 bits per heavy atom. The molecule has 92 valence electrons. The van der Waals surface area contributed by atoms with Crippen molar-refractivity contribution in [3.05, 3.63) is 46.5 Å². The van der Waals surface area contributed by atoms with Crippen LogP contribution in [0.25, 0.3) is 0 Å². The Hall–Kier alpha value is -1.04. The minimum Gasteiger partial charge on any atom is -0.0885 e. The quantitative estimate of drug-likeness (QED) is 0.578. The molecular weight excluding hydrogens is 204 g/mol. The molecule has 0 spiro atoms. The van der Waals surface area contributed by atoms with E-state index in [1.807, 2.05) is 0 Å². The highest BCUT2D eigenvalue weighted by Crippen LogP contribution is 2.33. The summed E-state index contributed by atoms with van der Waals surface area (Å²) in [6, 6.07) is 4.69. The monoisotopic (exact) mass is 228 g/mol. The first-order chi connectivity index (χ1) is 8.18. The molecule has 1 aromatic rings. The second kappa shape index (κ2) is 5.53. The molecular formula is C17H24. The molecule has 1 atom stereocenters. The molecule has 0 radical (unpaired) electrons. The number of benzene rings is 1. The standard InChI is InChI=1S/C17H24/c1-13-11-14(2)17(15(3)12-13)16-9-7-5-4-6-8-10-16/h4-5,11-12,16H,6-10H2,1-3H3/b5-4-. The Kier molecular flexibility index (Phi) is 4.04. The highest BCUT2D eigenvalue weighted by Gasteiger charge is 2.16. The molecule has 1 aliphatic rings. The van der Waals surface area contributed by atoms with Crippen molar-refractivity contribution in [1.29, 1.82) is 0 Å². The lowest BCUT2D eigenvalue weighted by atomic mass is 9.82. The molecule has 0 N–H and O–H groups in total. The van der Waals surface area contributed by atoms with Crippen LogP contribution in [0, 0.1) is 20.8 Å². The van der Waals surface area contributed by atoms with Gasteiger partial charge in [-0.1, -0.05) is 29.8 Å². The van der Waals surface area contributed by atoms with E-state index in [2.05, 4.69) is 45.1 Å².